The molecule has 1 aromatic carbocycles. The van der Waals surface area contributed by atoms with Gasteiger partial charge in [0.15, 0.2) is 6.29 Å². The summed E-state index contributed by atoms with van der Waals surface area (Å²) < 4.78 is 11.7. The molecule has 0 bridgehead atoms. The number of ether oxygens (including phenoxy) is 2. The lowest BCUT2D eigenvalue weighted by Gasteiger charge is -2.30. The highest BCUT2D eigenvalue weighted by Gasteiger charge is 2.20. The monoisotopic (exact) mass is 487 g/mol. The third kappa shape index (κ3) is 9.67. The number of pyridine rings is 1. The molecule has 1 saturated heterocycles. The van der Waals surface area contributed by atoms with E-state index in [0.29, 0.717) is 11.8 Å². The summed E-state index contributed by atoms with van der Waals surface area (Å²) in [7, 11) is -1.25. The molecular weight excluding hydrogens is 450 g/mol. The molecule has 0 spiro atoms. The van der Waals surface area contributed by atoms with E-state index in [2.05, 4.69) is 66.8 Å². The zero-order chi connectivity index (χ0) is 23.7. The van der Waals surface area contributed by atoms with Crippen LogP contribution >= 0.6 is 11.6 Å². The van der Waals surface area contributed by atoms with Crippen LogP contribution in [0.4, 0.5) is 0 Å². The maximum Gasteiger partial charge on any atom is 0.158 e. The van der Waals surface area contributed by atoms with E-state index in [9.17, 15) is 0 Å². The first-order chi connectivity index (χ1) is 15.8. The summed E-state index contributed by atoms with van der Waals surface area (Å²) in [5.74, 6) is 0. The molecule has 1 aliphatic heterocycles. The number of hydrogen-bond acceptors (Lipinski definition) is 5. The fourth-order valence-electron chi connectivity index (χ4n) is 4.07. The molecule has 1 fully saturated rings. The number of halogens is 1. The standard InChI is InChI=1S/C26H38ClN3O2Si/c1-21(17-30(20-33(2,3)4)18-22-10-6-5-7-11-22)28-15-24-16-29-25(27)14-23(24)19-32-26-12-8-9-13-31-26/h5-7,10-11,14-16,21,26H,8-9,12-13,17-20H2,1-4H3/b28-15+/t21-,26?/m1/s1. The Kier molecular flexibility index (Phi) is 10.1. The van der Waals surface area contributed by atoms with E-state index in [1.165, 1.54) is 5.56 Å². The molecule has 3 rings (SSSR count). The Labute approximate surface area is 205 Å². The van der Waals surface area contributed by atoms with Crippen molar-refractivity contribution in [1.29, 1.82) is 0 Å². The molecule has 2 aromatic rings. The molecule has 0 N–H and O–H groups in total. The quantitative estimate of drug-likeness (QED) is 0.223. The van der Waals surface area contributed by atoms with Crippen molar-refractivity contribution in [1.82, 2.24) is 9.88 Å². The molecule has 0 amide bonds. The minimum absolute atomic E-state index is 0.137. The molecular formula is C26H38ClN3O2Si. The van der Waals surface area contributed by atoms with Gasteiger partial charge in [0, 0.05) is 37.7 Å². The SMILES string of the molecule is C[C@H](CN(Cc1ccccc1)C[Si](C)(C)C)/N=C/c1cnc(Cl)cc1COC1CCCCO1. The van der Waals surface area contributed by atoms with Gasteiger partial charge >= 0.3 is 0 Å². The first kappa shape index (κ1) is 26.0. The van der Waals surface area contributed by atoms with Gasteiger partial charge in [0.05, 0.1) is 20.7 Å². The second-order valence-corrected chi connectivity index (χ2v) is 16.0. The van der Waals surface area contributed by atoms with Crippen molar-refractivity contribution in [3.8, 4) is 0 Å². The van der Waals surface area contributed by atoms with Gasteiger partial charge in [0.2, 0.25) is 0 Å². The van der Waals surface area contributed by atoms with Crippen molar-refractivity contribution >= 4 is 25.9 Å². The Morgan fingerprint density at radius 2 is 2.06 bits per heavy atom. The Morgan fingerprint density at radius 1 is 1.27 bits per heavy atom. The fraction of sp³-hybridized carbons (Fsp3) is 0.538. The summed E-state index contributed by atoms with van der Waals surface area (Å²) in [6, 6.07) is 12.7. The predicted molar refractivity (Wildman–Crippen MR) is 140 cm³/mol. The van der Waals surface area contributed by atoms with Crippen LogP contribution in [0.2, 0.25) is 24.8 Å². The van der Waals surface area contributed by atoms with Gasteiger partial charge in [0.25, 0.3) is 0 Å². The van der Waals surface area contributed by atoms with Gasteiger partial charge < -0.3 is 9.47 Å². The number of hydrogen-bond donors (Lipinski definition) is 0. The zero-order valence-corrected chi connectivity index (χ0v) is 22.2. The van der Waals surface area contributed by atoms with Crippen LogP contribution in [0.5, 0.6) is 0 Å². The lowest BCUT2D eigenvalue weighted by Crippen LogP contribution is -2.42. The average Bonchev–Trinajstić information content (AvgIpc) is 2.77. The molecule has 7 heteroatoms. The van der Waals surface area contributed by atoms with Crippen LogP contribution in [-0.4, -0.2) is 55.8 Å². The van der Waals surface area contributed by atoms with E-state index < -0.39 is 8.07 Å². The summed E-state index contributed by atoms with van der Waals surface area (Å²) in [5.41, 5.74) is 3.28. The molecule has 0 aliphatic carbocycles. The Morgan fingerprint density at radius 3 is 2.76 bits per heavy atom. The highest BCUT2D eigenvalue weighted by atomic mass is 35.5. The Balaban J connectivity index is 1.64. The lowest BCUT2D eigenvalue weighted by atomic mass is 10.1. The first-order valence-corrected chi connectivity index (χ1v) is 16.0. The molecule has 1 unspecified atom stereocenters. The van der Waals surface area contributed by atoms with Gasteiger partial charge in [-0.05, 0) is 49.5 Å². The molecule has 0 radical (unpaired) electrons. The zero-order valence-electron chi connectivity index (χ0n) is 20.5. The fourth-order valence-corrected chi connectivity index (χ4v) is 5.83. The topological polar surface area (TPSA) is 47.0 Å². The summed E-state index contributed by atoms with van der Waals surface area (Å²) in [4.78, 5) is 11.7. The maximum absolute atomic E-state index is 6.16. The number of aliphatic imine (C=N–C) groups is 1. The van der Waals surface area contributed by atoms with Gasteiger partial charge in [-0.2, -0.15) is 0 Å². The Bertz CT molecular complexity index is 883. The van der Waals surface area contributed by atoms with E-state index in [0.717, 1.165) is 56.3 Å². The summed E-state index contributed by atoms with van der Waals surface area (Å²) >= 11 is 6.16. The van der Waals surface area contributed by atoms with E-state index in [-0.39, 0.29) is 12.3 Å². The molecule has 2 atom stereocenters. The van der Waals surface area contributed by atoms with E-state index >= 15 is 0 Å². The van der Waals surface area contributed by atoms with Gasteiger partial charge in [-0.25, -0.2) is 4.98 Å². The normalized spacial score (nSPS) is 18.2. The van der Waals surface area contributed by atoms with Crippen LogP contribution in [-0.2, 0) is 22.6 Å². The minimum atomic E-state index is -1.25. The van der Waals surface area contributed by atoms with Crippen LogP contribution in [0.1, 0.15) is 42.9 Å². The number of aromatic nitrogens is 1. The van der Waals surface area contributed by atoms with Gasteiger partial charge in [-0.1, -0.05) is 61.6 Å². The first-order valence-electron chi connectivity index (χ1n) is 12.0. The highest BCUT2D eigenvalue weighted by Crippen LogP contribution is 2.19. The number of nitrogens with zero attached hydrogens (tertiary/aromatic N) is 3. The van der Waals surface area contributed by atoms with Crippen molar-refractivity contribution in [2.75, 3.05) is 19.3 Å². The van der Waals surface area contributed by atoms with Crippen LogP contribution in [0.15, 0.2) is 47.6 Å². The summed E-state index contributed by atoms with van der Waals surface area (Å²) in [5, 5.41) is 0.465. The van der Waals surface area contributed by atoms with Crippen molar-refractivity contribution in [3.05, 3.63) is 64.4 Å². The lowest BCUT2D eigenvalue weighted by molar-refractivity contribution is -0.168. The van der Waals surface area contributed by atoms with Crippen LogP contribution in [0.3, 0.4) is 0 Å². The smallest absolute Gasteiger partial charge is 0.158 e. The molecule has 33 heavy (non-hydrogen) atoms. The van der Waals surface area contributed by atoms with E-state index in [1.54, 1.807) is 6.20 Å². The van der Waals surface area contributed by atoms with E-state index in [4.69, 9.17) is 26.1 Å². The van der Waals surface area contributed by atoms with Crippen molar-refractivity contribution in [2.45, 2.75) is 71.3 Å². The number of rotatable bonds is 11. The minimum Gasteiger partial charge on any atom is -0.353 e. The molecule has 180 valence electrons. The molecule has 0 saturated carbocycles. The molecule has 5 nitrogen and oxygen atoms in total. The molecule has 1 aliphatic rings. The second kappa shape index (κ2) is 12.8. The van der Waals surface area contributed by atoms with E-state index in [1.807, 2.05) is 12.3 Å². The number of benzene rings is 1. The van der Waals surface area contributed by atoms with Crippen LogP contribution in [0.25, 0.3) is 0 Å². The van der Waals surface area contributed by atoms with Crippen molar-refractivity contribution in [2.24, 2.45) is 4.99 Å². The third-order valence-electron chi connectivity index (χ3n) is 5.49. The van der Waals surface area contributed by atoms with Gasteiger partial charge in [-0.15, -0.1) is 0 Å². The van der Waals surface area contributed by atoms with Crippen molar-refractivity contribution in [3.63, 3.8) is 0 Å². The summed E-state index contributed by atoms with van der Waals surface area (Å²) in [6.07, 6.45) is 7.90. The molecule has 1 aromatic heterocycles. The third-order valence-corrected chi connectivity index (χ3v) is 7.09. The largest absolute Gasteiger partial charge is 0.353 e. The van der Waals surface area contributed by atoms with Gasteiger partial charge in [0.1, 0.15) is 5.15 Å². The molecule has 2 heterocycles. The average molecular weight is 488 g/mol. The summed E-state index contributed by atoms with van der Waals surface area (Å²) in [6.45, 7) is 12.5. The second-order valence-electron chi connectivity index (χ2n) is 10.2. The van der Waals surface area contributed by atoms with Crippen LogP contribution in [0, 0.1) is 0 Å². The maximum atomic E-state index is 6.16. The van der Waals surface area contributed by atoms with Crippen LogP contribution < -0.4 is 0 Å². The van der Waals surface area contributed by atoms with Crippen molar-refractivity contribution < 1.29 is 9.47 Å². The predicted octanol–water partition coefficient (Wildman–Crippen LogP) is 5.97. The van der Waals surface area contributed by atoms with Gasteiger partial charge in [-0.3, -0.25) is 9.89 Å². The highest BCUT2D eigenvalue weighted by molar-refractivity contribution is 6.76. The Hall–Kier alpha value is -1.57.